The minimum absolute atomic E-state index is 0.495. The molecule has 1 aromatic heterocycles. The summed E-state index contributed by atoms with van der Waals surface area (Å²) in [7, 11) is 1.62. The van der Waals surface area contributed by atoms with Crippen LogP contribution in [0.15, 0.2) is 28.1 Å². The molecule has 21 heavy (non-hydrogen) atoms. The molecule has 0 radical (unpaired) electrons. The third kappa shape index (κ3) is 4.36. The highest BCUT2D eigenvalue weighted by Gasteiger charge is 2.14. The Labute approximate surface area is 142 Å². The van der Waals surface area contributed by atoms with Gasteiger partial charge in [0.2, 0.25) is 0 Å². The maximum Gasteiger partial charge on any atom is 0.166 e. The van der Waals surface area contributed by atoms with Gasteiger partial charge in [-0.25, -0.2) is 0 Å². The Morgan fingerprint density at radius 3 is 2.81 bits per heavy atom. The SMILES string of the molecule is CCNCc1cc(Cl)cc(OC)c1OCc1sccc1Br. The fraction of sp³-hybridized carbons (Fsp3) is 0.333. The van der Waals surface area contributed by atoms with Crippen LogP contribution in [0.5, 0.6) is 11.5 Å². The Morgan fingerprint density at radius 1 is 1.38 bits per heavy atom. The Morgan fingerprint density at radius 2 is 2.19 bits per heavy atom. The lowest BCUT2D eigenvalue weighted by molar-refractivity contribution is 0.283. The van der Waals surface area contributed by atoms with Crippen molar-refractivity contribution in [2.24, 2.45) is 0 Å². The molecule has 2 rings (SSSR count). The van der Waals surface area contributed by atoms with Crippen LogP contribution in [-0.4, -0.2) is 13.7 Å². The van der Waals surface area contributed by atoms with E-state index in [0.29, 0.717) is 23.9 Å². The summed E-state index contributed by atoms with van der Waals surface area (Å²) in [5.74, 6) is 1.39. The molecule has 0 amide bonds. The first-order valence-electron chi connectivity index (χ1n) is 6.57. The number of hydrogen-bond acceptors (Lipinski definition) is 4. The van der Waals surface area contributed by atoms with Crippen LogP contribution in [0.4, 0.5) is 0 Å². The minimum atomic E-state index is 0.495. The number of hydrogen-bond donors (Lipinski definition) is 1. The highest BCUT2D eigenvalue weighted by Crippen LogP contribution is 2.36. The summed E-state index contributed by atoms with van der Waals surface area (Å²) in [6.07, 6.45) is 0. The first-order valence-corrected chi connectivity index (χ1v) is 8.62. The summed E-state index contributed by atoms with van der Waals surface area (Å²) >= 11 is 11.3. The molecule has 0 bridgehead atoms. The molecule has 1 heterocycles. The van der Waals surface area contributed by atoms with Crippen LogP contribution in [0.1, 0.15) is 17.4 Å². The standard InChI is InChI=1S/C15H17BrClNO2S/c1-3-18-8-10-6-11(17)7-13(19-2)15(10)20-9-14-12(16)4-5-21-14/h4-7,18H,3,8-9H2,1-2H3. The zero-order chi connectivity index (χ0) is 15.2. The molecule has 0 spiro atoms. The van der Waals surface area contributed by atoms with Gasteiger partial charge in [-0.05, 0) is 40.0 Å². The predicted octanol–water partition coefficient (Wildman–Crippen LogP) is 4.86. The molecule has 0 aliphatic rings. The van der Waals surface area contributed by atoms with Crippen molar-refractivity contribution in [1.82, 2.24) is 5.32 Å². The molecule has 0 aliphatic heterocycles. The van der Waals surface area contributed by atoms with Gasteiger partial charge in [-0.2, -0.15) is 0 Å². The fourth-order valence-corrected chi connectivity index (χ4v) is 3.50. The van der Waals surface area contributed by atoms with Crippen LogP contribution in [0.25, 0.3) is 0 Å². The van der Waals surface area contributed by atoms with Gasteiger partial charge in [-0.15, -0.1) is 11.3 Å². The van der Waals surface area contributed by atoms with E-state index in [1.807, 2.05) is 17.5 Å². The lowest BCUT2D eigenvalue weighted by atomic mass is 10.2. The average molecular weight is 391 g/mol. The Hall–Kier alpha value is -0.750. The Bertz CT molecular complexity index is 603. The van der Waals surface area contributed by atoms with E-state index in [2.05, 4.69) is 28.2 Å². The third-order valence-corrected chi connectivity index (χ3v) is 5.04. The van der Waals surface area contributed by atoms with E-state index in [-0.39, 0.29) is 0 Å². The molecular formula is C15H17BrClNO2S. The number of halogens is 2. The van der Waals surface area contributed by atoms with Crippen molar-refractivity contribution < 1.29 is 9.47 Å². The lowest BCUT2D eigenvalue weighted by Crippen LogP contribution is -2.13. The largest absolute Gasteiger partial charge is 0.493 e. The molecule has 0 saturated heterocycles. The van der Waals surface area contributed by atoms with Crippen LogP contribution in [0.2, 0.25) is 5.02 Å². The normalized spacial score (nSPS) is 10.7. The number of methoxy groups -OCH3 is 1. The van der Waals surface area contributed by atoms with Gasteiger partial charge in [0.05, 0.1) is 12.0 Å². The van der Waals surface area contributed by atoms with Crippen molar-refractivity contribution in [3.05, 3.63) is 43.5 Å². The Balaban J connectivity index is 2.24. The number of thiophene rings is 1. The molecule has 6 heteroatoms. The smallest absolute Gasteiger partial charge is 0.166 e. The quantitative estimate of drug-likeness (QED) is 0.732. The molecular weight excluding hydrogens is 374 g/mol. The van der Waals surface area contributed by atoms with Gasteiger partial charge >= 0.3 is 0 Å². The molecule has 1 N–H and O–H groups in total. The molecule has 2 aromatic rings. The molecule has 3 nitrogen and oxygen atoms in total. The maximum absolute atomic E-state index is 6.14. The van der Waals surface area contributed by atoms with Crippen molar-refractivity contribution in [3.8, 4) is 11.5 Å². The van der Waals surface area contributed by atoms with Crippen molar-refractivity contribution in [2.45, 2.75) is 20.1 Å². The topological polar surface area (TPSA) is 30.5 Å². The van der Waals surface area contributed by atoms with Gasteiger partial charge in [0.1, 0.15) is 6.61 Å². The first-order chi connectivity index (χ1) is 10.2. The molecule has 0 saturated carbocycles. The van der Waals surface area contributed by atoms with E-state index >= 15 is 0 Å². The lowest BCUT2D eigenvalue weighted by Gasteiger charge is -2.16. The number of rotatable bonds is 7. The van der Waals surface area contributed by atoms with Gasteiger partial charge < -0.3 is 14.8 Å². The van der Waals surface area contributed by atoms with E-state index in [1.165, 1.54) is 0 Å². The van der Waals surface area contributed by atoms with Crippen LogP contribution in [-0.2, 0) is 13.2 Å². The molecule has 0 unspecified atom stereocenters. The van der Waals surface area contributed by atoms with E-state index < -0.39 is 0 Å². The van der Waals surface area contributed by atoms with Gasteiger partial charge in [-0.3, -0.25) is 0 Å². The van der Waals surface area contributed by atoms with Gasteiger partial charge in [0.15, 0.2) is 11.5 Å². The minimum Gasteiger partial charge on any atom is -0.493 e. The molecule has 1 aromatic carbocycles. The molecule has 0 aliphatic carbocycles. The molecule has 0 atom stereocenters. The summed E-state index contributed by atoms with van der Waals surface area (Å²) < 4.78 is 12.5. The van der Waals surface area contributed by atoms with Crippen LogP contribution >= 0.6 is 38.9 Å². The second-order valence-corrected chi connectivity index (χ2v) is 6.65. The third-order valence-electron chi connectivity index (χ3n) is 2.92. The summed E-state index contributed by atoms with van der Waals surface area (Å²) in [6, 6.07) is 5.70. The second-order valence-electron chi connectivity index (χ2n) is 4.36. The van der Waals surface area contributed by atoms with Crippen LogP contribution < -0.4 is 14.8 Å². The summed E-state index contributed by atoms with van der Waals surface area (Å²) in [5, 5.41) is 5.96. The van der Waals surface area contributed by atoms with E-state index in [9.17, 15) is 0 Å². The highest BCUT2D eigenvalue weighted by molar-refractivity contribution is 9.10. The Kier molecular flexibility index (Phi) is 6.36. The zero-order valence-corrected chi connectivity index (χ0v) is 15.1. The van der Waals surface area contributed by atoms with Gasteiger partial charge in [0.25, 0.3) is 0 Å². The first kappa shape index (κ1) is 16.6. The predicted molar refractivity (Wildman–Crippen MR) is 91.7 cm³/mol. The van der Waals surface area contributed by atoms with Crippen molar-refractivity contribution in [1.29, 1.82) is 0 Å². The molecule has 114 valence electrons. The maximum atomic E-state index is 6.14. The van der Waals surface area contributed by atoms with Gasteiger partial charge in [0, 0.05) is 27.7 Å². The van der Waals surface area contributed by atoms with Crippen LogP contribution in [0, 0.1) is 0 Å². The van der Waals surface area contributed by atoms with E-state index in [0.717, 1.165) is 27.2 Å². The van der Waals surface area contributed by atoms with Crippen molar-refractivity contribution >= 4 is 38.9 Å². The van der Waals surface area contributed by atoms with Crippen LogP contribution in [0.3, 0.4) is 0 Å². The number of benzene rings is 1. The molecule has 0 fully saturated rings. The summed E-state index contributed by atoms with van der Waals surface area (Å²) in [4.78, 5) is 1.14. The number of ether oxygens (including phenoxy) is 2. The second kappa shape index (κ2) is 8.03. The van der Waals surface area contributed by atoms with E-state index in [1.54, 1.807) is 24.5 Å². The van der Waals surface area contributed by atoms with Gasteiger partial charge in [-0.1, -0.05) is 18.5 Å². The van der Waals surface area contributed by atoms with Crippen molar-refractivity contribution in [3.63, 3.8) is 0 Å². The zero-order valence-electron chi connectivity index (χ0n) is 11.9. The highest BCUT2D eigenvalue weighted by atomic mass is 79.9. The fourth-order valence-electron chi connectivity index (χ4n) is 1.89. The summed E-state index contributed by atoms with van der Waals surface area (Å²) in [5.41, 5.74) is 0.994. The van der Waals surface area contributed by atoms with E-state index in [4.69, 9.17) is 21.1 Å². The monoisotopic (exact) mass is 389 g/mol. The van der Waals surface area contributed by atoms with Crippen molar-refractivity contribution in [2.75, 3.05) is 13.7 Å². The number of nitrogens with one attached hydrogen (secondary N) is 1. The summed E-state index contributed by atoms with van der Waals surface area (Å²) in [6.45, 7) is 4.12. The average Bonchev–Trinajstić information content (AvgIpc) is 2.88.